The molecule has 9 rings (SSSR count). The van der Waals surface area contributed by atoms with Crippen LogP contribution in [0.15, 0.2) is 110 Å². The summed E-state index contributed by atoms with van der Waals surface area (Å²) in [6, 6.07) is 21.8. The number of anilines is 3. The van der Waals surface area contributed by atoms with Crippen LogP contribution in [-0.2, 0) is 20.7 Å². The molecule has 0 amide bonds. The lowest BCUT2D eigenvalue weighted by Crippen LogP contribution is -2.51. The first-order valence-corrected chi connectivity index (χ1v) is 21.0. The molecule has 318 valence electrons. The Morgan fingerprint density at radius 2 is 1.52 bits per heavy atom. The highest BCUT2D eigenvalue weighted by Crippen LogP contribution is 2.47. The first-order chi connectivity index (χ1) is 29.7. The van der Waals surface area contributed by atoms with E-state index in [1.807, 2.05) is 0 Å². The average molecular weight is 830 g/mol. The summed E-state index contributed by atoms with van der Waals surface area (Å²) in [4.78, 5) is 36.5. The van der Waals surface area contributed by atoms with Gasteiger partial charge >= 0.3 is 5.97 Å². The van der Waals surface area contributed by atoms with E-state index >= 15 is 0 Å². The van der Waals surface area contributed by atoms with Crippen LogP contribution in [0.4, 0.5) is 26.6 Å². The predicted molar refractivity (Wildman–Crippen MR) is 234 cm³/mol. The highest BCUT2D eigenvalue weighted by atomic mass is 19.1. The van der Waals surface area contributed by atoms with Gasteiger partial charge in [-0.1, -0.05) is 54.6 Å². The Labute approximate surface area is 355 Å². The van der Waals surface area contributed by atoms with E-state index in [2.05, 4.69) is 89.6 Å². The van der Waals surface area contributed by atoms with Crippen LogP contribution in [0.5, 0.6) is 0 Å². The number of hydrogen-bond donors (Lipinski definition) is 3. The fraction of sp³-hybridized carbons (Fsp3) is 0.362. The van der Waals surface area contributed by atoms with Gasteiger partial charge in [0, 0.05) is 80.8 Å². The Morgan fingerprint density at radius 3 is 2.13 bits per heavy atom. The zero-order chi connectivity index (χ0) is 42.5. The molecule has 6 heterocycles. The average Bonchev–Trinajstić information content (AvgIpc) is 3.68. The summed E-state index contributed by atoms with van der Waals surface area (Å²) in [5.41, 5.74) is 6.60. The molecule has 0 bridgehead atoms. The van der Waals surface area contributed by atoms with E-state index in [1.54, 1.807) is 42.7 Å². The number of ether oxygens (including phenoxy) is 2. The van der Waals surface area contributed by atoms with Crippen molar-refractivity contribution in [3.8, 4) is 0 Å². The number of aromatic nitrogens is 4. The van der Waals surface area contributed by atoms with E-state index in [1.165, 1.54) is 53.5 Å². The number of piperidine rings is 1. The molecule has 0 saturated carbocycles. The van der Waals surface area contributed by atoms with E-state index < -0.39 is 0 Å². The molecule has 5 aromatic rings. The highest BCUT2D eigenvalue weighted by molar-refractivity contribution is 5.89. The summed E-state index contributed by atoms with van der Waals surface area (Å²) < 4.78 is 38.0. The van der Waals surface area contributed by atoms with E-state index in [0.717, 1.165) is 50.1 Å². The zero-order valence-corrected chi connectivity index (χ0v) is 34.7. The Balaban J connectivity index is 0.000000175. The van der Waals surface area contributed by atoms with Crippen molar-refractivity contribution in [3.05, 3.63) is 144 Å². The monoisotopic (exact) mass is 829 g/mol. The van der Waals surface area contributed by atoms with Crippen molar-refractivity contribution in [2.24, 2.45) is 11.8 Å². The molecule has 0 radical (unpaired) electrons. The number of esters is 1. The van der Waals surface area contributed by atoms with Gasteiger partial charge in [-0.15, -0.1) is 13.2 Å². The summed E-state index contributed by atoms with van der Waals surface area (Å²) >= 11 is 0. The van der Waals surface area contributed by atoms with Gasteiger partial charge in [0.25, 0.3) is 0 Å². The van der Waals surface area contributed by atoms with Crippen molar-refractivity contribution < 1.29 is 23.0 Å². The minimum Gasteiger partial charge on any atom is -0.497 e. The van der Waals surface area contributed by atoms with Gasteiger partial charge in [-0.05, 0) is 66.8 Å². The maximum absolute atomic E-state index is 13.6. The molecule has 2 fully saturated rings. The molecule has 12 nitrogen and oxygen atoms in total. The van der Waals surface area contributed by atoms with Crippen molar-refractivity contribution in [3.63, 3.8) is 0 Å². The molecule has 14 heteroatoms. The quantitative estimate of drug-likeness (QED) is 0.0910. The van der Waals surface area contributed by atoms with Crippen LogP contribution in [0, 0.1) is 23.5 Å². The van der Waals surface area contributed by atoms with Crippen LogP contribution < -0.4 is 15.5 Å². The van der Waals surface area contributed by atoms with Gasteiger partial charge in [-0.25, -0.2) is 13.6 Å². The van der Waals surface area contributed by atoms with Gasteiger partial charge in [0.15, 0.2) is 0 Å². The lowest BCUT2D eigenvalue weighted by Gasteiger charge is -2.49. The number of carbonyl (C=O) groups excluding carboxylic acids is 1. The molecule has 3 aromatic carbocycles. The number of para-hydroxylation sites is 1. The van der Waals surface area contributed by atoms with Gasteiger partial charge in [0.05, 0.1) is 37.1 Å². The summed E-state index contributed by atoms with van der Waals surface area (Å²) in [5.74, 6) is 1.21. The minimum absolute atomic E-state index is 0.119. The van der Waals surface area contributed by atoms with Crippen LogP contribution in [0.2, 0.25) is 0 Å². The molecule has 2 saturated heterocycles. The third kappa shape index (κ3) is 9.01. The summed E-state index contributed by atoms with van der Waals surface area (Å²) in [5, 5.41) is 7.59. The Morgan fingerprint density at radius 1 is 0.902 bits per heavy atom. The molecule has 0 spiro atoms. The number of H-pyrrole nitrogens is 1. The number of halogens is 2. The number of carbonyl (C=O) groups is 1. The van der Waals surface area contributed by atoms with Gasteiger partial charge in [-0.3, -0.25) is 9.80 Å². The maximum Gasteiger partial charge on any atom is 0.337 e. The lowest BCUT2D eigenvalue weighted by atomic mass is 9.72. The lowest BCUT2D eigenvalue weighted by molar-refractivity contribution is -0.139. The molecular formula is C47H53F2N9O3. The number of methoxy groups -OCH3 is 1. The van der Waals surface area contributed by atoms with Crippen molar-refractivity contribution in [1.29, 1.82) is 0 Å². The number of benzene rings is 3. The van der Waals surface area contributed by atoms with Crippen molar-refractivity contribution >= 4 is 34.7 Å². The molecule has 4 aliphatic rings. The van der Waals surface area contributed by atoms with E-state index in [0.29, 0.717) is 61.6 Å². The second-order valence-electron chi connectivity index (χ2n) is 15.9. The van der Waals surface area contributed by atoms with Crippen LogP contribution in [0.25, 0.3) is 10.9 Å². The minimum atomic E-state index is -0.284. The predicted octanol–water partition coefficient (Wildman–Crippen LogP) is 7.44. The topological polar surface area (TPSA) is 124 Å². The number of aromatic amines is 1. The smallest absolute Gasteiger partial charge is 0.337 e. The fourth-order valence-corrected chi connectivity index (χ4v) is 9.26. The zero-order valence-electron chi connectivity index (χ0n) is 34.7. The molecule has 4 atom stereocenters. The van der Waals surface area contributed by atoms with Crippen LogP contribution >= 0.6 is 0 Å². The van der Waals surface area contributed by atoms with Gasteiger partial charge < -0.3 is 30.0 Å². The summed E-state index contributed by atoms with van der Waals surface area (Å²) in [7, 11) is 1.45. The Bertz CT molecular complexity index is 2290. The summed E-state index contributed by atoms with van der Waals surface area (Å²) in [6.07, 6.45) is 7.25. The molecule has 0 unspecified atom stereocenters. The highest BCUT2D eigenvalue weighted by Gasteiger charge is 2.47. The second-order valence-corrected chi connectivity index (χ2v) is 15.9. The fourth-order valence-electron chi connectivity index (χ4n) is 9.26. The number of rotatable bonds is 11. The van der Waals surface area contributed by atoms with Gasteiger partial charge in [-0.2, -0.15) is 15.0 Å². The van der Waals surface area contributed by atoms with Crippen molar-refractivity contribution in [2.45, 2.75) is 38.0 Å². The number of nitrogens with zero attached hydrogens (tertiary/aromatic N) is 6. The molecule has 3 N–H and O–H groups in total. The van der Waals surface area contributed by atoms with E-state index in [4.69, 9.17) is 9.47 Å². The first-order valence-electron chi connectivity index (χ1n) is 21.0. The molecular weight excluding hydrogens is 777 g/mol. The van der Waals surface area contributed by atoms with Crippen LogP contribution in [0.3, 0.4) is 0 Å². The summed E-state index contributed by atoms with van der Waals surface area (Å²) in [6.45, 7) is 15.5. The van der Waals surface area contributed by atoms with Crippen molar-refractivity contribution in [1.82, 2.24) is 29.7 Å². The number of hydrogen-bond acceptors (Lipinski definition) is 11. The van der Waals surface area contributed by atoms with Gasteiger partial charge in [0.1, 0.15) is 11.6 Å². The molecule has 4 aliphatic heterocycles. The third-order valence-corrected chi connectivity index (χ3v) is 12.3. The van der Waals surface area contributed by atoms with Gasteiger partial charge in [0.2, 0.25) is 17.8 Å². The Hall–Kier alpha value is -6.12. The SMILES string of the molecule is C=CCNc1nc(NCC=C)nc(N2CCN(C(c3ccc(F)cc3)c3ccc(F)cc3)CC2)n1.COC(=O)C1=CO[C@@H](C)[C@H]2CN3CCc4c([nH]c5ccccc45)[C@@H]3C[C@H]12. The molecule has 0 aliphatic carbocycles. The van der Waals surface area contributed by atoms with Crippen LogP contribution in [-0.4, -0.2) is 101 Å². The maximum atomic E-state index is 13.6. The first kappa shape index (κ1) is 41.6. The number of nitrogens with one attached hydrogen (secondary N) is 3. The van der Waals surface area contributed by atoms with Crippen LogP contribution in [0.1, 0.15) is 47.8 Å². The normalized spacial score (nSPS) is 21.1. The third-order valence-electron chi connectivity index (χ3n) is 12.3. The van der Waals surface area contributed by atoms with Crippen molar-refractivity contribution in [2.75, 3.05) is 75.0 Å². The molecule has 2 aromatic heterocycles. The standard InChI is InChI=1S/C26H29F2N7.C21H24N2O3/c1-3-13-29-24-31-25(30-14-4-2)33-26(32-24)35-17-15-34(16-18-35)23(19-5-9-21(27)10-6-19)20-7-11-22(28)12-8-20;1-12-16-10-23-8-7-14-13-5-3-4-6-18(13)22-20(14)19(23)9-15(16)17(11-26-12)21(24)25-2/h3-12,23H,1-2,13-18H2,(H2,29,30,31,32,33);3-6,11-12,15-16,19,22H,7-10H2,1-2H3/t;12-,15-,16+,19-/m.0/s1. The Kier molecular flexibility index (Phi) is 12.7. The number of fused-ring (bicyclic) bond motifs is 6. The number of piperazine rings is 1. The largest absolute Gasteiger partial charge is 0.497 e. The molecule has 61 heavy (non-hydrogen) atoms. The van der Waals surface area contributed by atoms with E-state index in [-0.39, 0.29) is 35.7 Å². The van der Waals surface area contributed by atoms with E-state index in [9.17, 15) is 13.6 Å². The second kappa shape index (κ2) is 18.7.